The van der Waals surface area contributed by atoms with E-state index in [0.717, 1.165) is 43.6 Å². The number of ether oxygens (including phenoxy) is 1. The zero-order valence-electron chi connectivity index (χ0n) is 22.4. The second-order valence-electron chi connectivity index (χ2n) is 8.97. The number of nitrogens with zero attached hydrogens (tertiary/aromatic N) is 2. The van der Waals surface area contributed by atoms with Crippen LogP contribution in [0, 0.1) is 13.8 Å². The molecule has 36 heavy (non-hydrogen) atoms. The molecule has 0 bridgehead atoms. The number of para-hydroxylation sites is 1. The van der Waals surface area contributed by atoms with Gasteiger partial charge in [-0.25, -0.2) is 4.98 Å². The molecular formula is C32H22N2O2. The Morgan fingerprint density at radius 1 is 0.750 bits per heavy atom. The first kappa shape index (κ1) is 17.7. The molecule has 0 saturated carbocycles. The molecule has 0 amide bonds. The highest BCUT2D eigenvalue weighted by Gasteiger charge is 2.12. The molecule has 0 radical (unpaired) electrons. The van der Waals surface area contributed by atoms with E-state index in [1.54, 1.807) is 13.0 Å². The van der Waals surface area contributed by atoms with E-state index in [2.05, 4.69) is 29.2 Å². The van der Waals surface area contributed by atoms with Crippen molar-refractivity contribution in [1.29, 1.82) is 0 Å². The third kappa shape index (κ3) is 3.38. The molecular weight excluding hydrogens is 444 g/mol. The van der Waals surface area contributed by atoms with E-state index >= 15 is 0 Å². The van der Waals surface area contributed by atoms with Gasteiger partial charge >= 0.3 is 0 Å². The zero-order chi connectivity index (χ0) is 26.7. The third-order valence-corrected chi connectivity index (χ3v) is 6.60. The molecule has 0 aliphatic rings. The van der Waals surface area contributed by atoms with Gasteiger partial charge in [0, 0.05) is 37.4 Å². The van der Waals surface area contributed by atoms with Gasteiger partial charge in [-0.2, -0.15) is 0 Å². The van der Waals surface area contributed by atoms with Gasteiger partial charge in [-0.3, -0.25) is 4.98 Å². The number of aromatic nitrogens is 2. The summed E-state index contributed by atoms with van der Waals surface area (Å²) in [7, 11) is 0. The number of rotatable bonds is 3. The van der Waals surface area contributed by atoms with E-state index in [1.807, 2.05) is 60.7 Å². The minimum absolute atomic E-state index is 0.260. The van der Waals surface area contributed by atoms with Crippen molar-refractivity contribution in [1.82, 2.24) is 9.97 Å². The van der Waals surface area contributed by atoms with Crippen LogP contribution in [0.2, 0.25) is 0 Å². The lowest BCUT2D eigenvalue weighted by Crippen LogP contribution is -1.90. The zero-order valence-corrected chi connectivity index (χ0v) is 19.4. The van der Waals surface area contributed by atoms with Gasteiger partial charge in [0.15, 0.2) is 0 Å². The van der Waals surface area contributed by atoms with Crippen molar-refractivity contribution in [2.75, 3.05) is 0 Å². The van der Waals surface area contributed by atoms with Crippen molar-refractivity contribution in [3.8, 4) is 22.8 Å². The number of hydrogen-bond acceptors (Lipinski definition) is 4. The molecule has 0 aliphatic carbocycles. The van der Waals surface area contributed by atoms with Crippen LogP contribution in [0.5, 0.6) is 11.5 Å². The lowest BCUT2D eigenvalue weighted by molar-refractivity contribution is 0.483. The number of hydrogen-bond donors (Lipinski definition) is 0. The second kappa shape index (κ2) is 7.92. The molecule has 0 unspecified atom stereocenters. The molecule has 0 N–H and O–H groups in total. The third-order valence-electron chi connectivity index (χ3n) is 6.60. The van der Waals surface area contributed by atoms with E-state index in [0.29, 0.717) is 28.5 Å². The maximum Gasteiger partial charge on any atom is 0.227 e. The van der Waals surface area contributed by atoms with Gasteiger partial charge in [0.25, 0.3) is 0 Å². The van der Waals surface area contributed by atoms with E-state index in [4.69, 9.17) is 18.3 Å². The van der Waals surface area contributed by atoms with Gasteiger partial charge < -0.3 is 9.15 Å². The van der Waals surface area contributed by atoms with Crippen molar-refractivity contribution in [3.63, 3.8) is 0 Å². The molecule has 4 heteroatoms. The molecule has 4 aromatic carbocycles. The Morgan fingerprint density at radius 2 is 1.61 bits per heavy atom. The Balaban J connectivity index is 1.27. The average Bonchev–Trinajstić information content (AvgIpc) is 3.29. The van der Waals surface area contributed by atoms with Crippen LogP contribution in [0.25, 0.3) is 55.0 Å². The standard InChI is InChI=1S/C32H22N2O2/c1-19-14-29(33-18-20(19)2)22-6-5-7-24(15-22)35-25-13-12-21-10-11-23-16-28-26-8-3-4-9-30(26)36-32(28)34-31(23)27(21)17-25/h3-18H,1-2H3/i2D3. The van der Waals surface area contributed by atoms with Gasteiger partial charge in [-0.05, 0) is 72.8 Å². The quantitative estimate of drug-likeness (QED) is 0.243. The minimum atomic E-state index is -2.19. The predicted octanol–water partition coefficient (Wildman–Crippen LogP) is 8.76. The smallest absolute Gasteiger partial charge is 0.227 e. The molecule has 0 spiro atoms. The van der Waals surface area contributed by atoms with E-state index < -0.39 is 6.85 Å². The monoisotopic (exact) mass is 469 g/mol. The highest BCUT2D eigenvalue weighted by Crippen LogP contribution is 2.35. The van der Waals surface area contributed by atoms with E-state index in [1.165, 1.54) is 6.20 Å². The topological polar surface area (TPSA) is 48.2 Å². The van der Waals surface area contributed by atoms with Gasteiger partial charge in [0.2, 0.25) is 5.71 Å². The summed E-state index contributed by atoms with van der Waals surface area (Å²) in [5.74, 6) is 1.33. The molecule has 3 heterocycles. The van der Waals surface area contributed by atoms with Crippen LogP contribution in [-0.4, -0.2) is 9.97 Å². The maximum absolute atomic E-state index is 7.68. The highest BCUT2D eigenvalue weighted by atomic mass is 16.5. The SMILES string of the molecule is [2H]C([2H])([2H])c1cnc(-c2cccc(Oc3ccc4ccc5cc6c(nc5c4c3)oc3ccccc36)c2)cc1C. The molecule has 0 atom stereocenters. The summed E-state index contributed by atoms with van der Waals surface area (Å²) in [5, 5.41) is 5.11. The molecule has 0 fully saturated rings. The molecule has 0 aliphatic heterocycles. The summed E-state index contributed by atoms with van der Waals surface area (Å²) in [6.07, 6.45) is 1.44. The van der Waals surface area contributed by atoms with Gasteiger partial charge in [0.05, 0.1) is 11.2 Å². The summed E-state index contributed by atoms with van der Waals surface area (Å²) in [6.45, 7) is -0.397. The summed E-state index contributed by atoms with van der Waals surface area (Å²) in [4.78, 5) is 9.31. The largest absolute Gasteiger partial charge is 0.457 e. The second-order valence-corrected chi connectivity index (χ2v) is 8.97. The van der Waals surface area contributed by atoms with Gasteiger partial charge in [-0.1, -0.05) is 48.5 Å². The first-order chi connectivity index (χ1) is 18.8. The molecule has 3 aromatic heterocycles. The minimum Gasteiger partial charge on any atom is -0.457 e. The normalized spacial score (nSPS) is 13.2. The average molecular weight is 470 g/mol. The highest BCUT2D eigenvalue weighted by molar-refractivity contribution is 6.12. The Morgan fingerprint density at radius 3 is 2.53 bits per heavy atom. The molecule has 7 rings (SSSR count). The number of aryl methyl sites for hydroxylation is 2. The summed E-state index contributed by atoms with van der Waals surface area (Å²) < 4.78 is 35.4. The van der Waals surface area contributed by atoms with Crippen LogP contribution in [0.3, 0.4) is 0 Å². The van der Waals surface area contributed by atoms with Crippen LogP contribution in [-0.2, 0) is 0 Å². The van der Waals surface area contributed by atoms with Gasteiger partial charge in [0.1, 0.15) is 17.1 Å². The number of fused-ring (bicyclic) bond motifs is 6. The van der Waals surface area contributed by atoms with E-state index in [9.17, 15) is 0 Å². The van der Waals surface area contributed by atoms with Crippen molar-refractivity contribution < 1.29 is 13.3 Å². The fourth-order valence-electron chi connectivity index (χ4n) is 4.71. The van der Waals surface area contributed by atoms with Crippen molar-refractivity contribution in [2.24, 2.45) is 0 Å². The number of pyridine rings is 2. The van der Waals surface area contributed by atoms with Gasteiger partial charge in [-0.15, -0.1) is 0 Å². The molecule has 4 nitrogen and oxygen atoms in total. The Bertz CT molecular complexity index is 2060. The lowest BCUT2D eigenvalue weighted by atomic mass is 10.0. The van der Waals surface area contributed by atoms with Crippen LogP contribution in [0.4, 0.5) is 0 Å². The van der Waals surface area contributed by atoms with Crippen molar-refractivity contribution in [3.05, 3.63) is 108 Å². The summed E-state index contributed by atoms with van der Waals surface area (Å²) in [6, 6.07) is 29.7. The Labute approximate surface area is 212 Å². The van der Waals surface area contributed by atoms with Crippen LogP contribution in [0.1, 0.15) is 15.2 Å². The summed E-state index contributed by atoms with van der Waals surface area (Å²) in [5.41, 5.74) is 4.76. The molecule has 0 saturated heterocycles. The number of furan rings is 1. The van der Waals surface area contributed by atoms with Crippen molar-refractivity contribution in [2.45, 2.75) is 13.8 Å². The van der Waals surface area contributed by atoms with Crippen molar-refractivity contribution >= 4 is 43.7 Å². The first-order valence-corrected chi connectivity index (χ1v) is 11.7. The Hall–Kier alpha value is -4.70. The van der Waals surface area contributed by atoms with E-state index in [-0.39, 0.29) is 5.56 Å². The first-order valence-electron chi connectivity index (χ1n) is 13.2. The Kier molecular flexibility index (Phi) is 3.89. The van der Waals surface area contributed by atoms with Crippen LogP contribution in [0.15, 0.2) is 102 Å². The molecule has 7 aromatic rings. The number of benzene rings is 4. The fraction of sp³-hybridized carbons (Fsp3) is 0.0625. The summed E-state index contributed by atoms with van der Waals surface area (Å²) >= 11 is 0. The molecule has 172 valence electrons. The lowest BCUT2D eigenvalue weighted by Gasteiger charge is -2.10. The van der Waals surface area contributed by atoms with Crippen LogP contribution < -0.4 is 4.74 Å². The van der Waals surface area contributed by atoms with Crippen LogP contribution >= 0.6 is 0 Å². The maximum atomic E-state index is 7.68. The predicted molar refractivity (Wildman–Crippen MR) is 146 cm³/mol. The fourth-order valence-corrected chi connectivity index (χ4v) is 4.71.